The van der Waals surface area contributed by atoms with Crippen LogP contribution in [0.5, 0.6) is 0 Å². The van der Waals surface area contributed by atoms with Crippen LogP contribution >= 0.6 is 11.6 Å². The molecule has 4 nitrogen and oxygen atoms in total. The summed E-state index contributed by atoms with van der Waals surface area (Å²) in [6, 6.07) is 5.03. The average molecular weight is 256 g/mol. The van der Waals surface area contributed by atoms with Crippen LogP contribution in [-0.4, -0.2) is 30.4 Å². The Kier molecular flexibility index (Phi) is 5.25. The topological polar surface area (TPSA) is 58.4 Å². The van der Waals surface area contributed by atoms with E-state index in [4.69, 9.17) is 17.3 Å². The van der Waals surface area contributed by atoms with Crippen molar-refractivity contribution in [2.24, 2.45) is 0 Å². The van der Waals surface area contributed by atoms with E-state index < -0.39 is 0 Å². The fourth-order valence-electron chi connectivity index (χ4n) is 1.49. The summed E-state index contributed by atoms with van der Waals surface area (Å²) in [6.07, 6.45) is 0. The van der Waals surface area contributed by atoms with Gasteiger partial charge in [-0.3, -0.25) is 9.69 Å². The summed E-state index contributed by atoms with van der Waals surface area (Å²) in [7, 11) is 0. The highest BCUT2D eigenvalue weighted by Gasteiger charge is 2.09. The lowest BCUT2D eigenvalue weighted by Gasteiger charge is -2.17. The predicted molar refractivity (Wildman–Crippen MR) is 72.3 cm³/mol. The van der Waals surface area contributed by atoms with E-state index in [1.807, 2.05) is 18.7 Å². The summed E-state index contributed by atoms with van der Waals surface area (Å²) in [5.74, 6) is -0.0669. The van der Waals surface area contributed by atoms with Crippen LogP contribution in [0.4, 0.5) is 11.4 Å². The van der Waals surface area contributed by atoms with E-state index in [9.17, 15) is 4.79 Å². The highest BCUT2D eigenvalue weighted by molar-refractivity contribution is 6.31. The lowest BCUT2D eigenvalue weighted by Crippen LogP contribution is -2.33. The zero-order valence-corrected chi connectivity index (χ0v) is 10.9. The minimum Gasteiger partial charge on any atom is -0.397 e. The molecule has 1 amide bonds. The van der Waals surface area contributed by atoms with Crippen LogP contribution in [-0.2, 0) is 4.79 Å². The Morgan fingerprint density at radius 2 is 2.06 bits per heavy atom. The molecule has 0 unspecified atom stereocenters. The van der Waals surface area contributed by atoms with Crippen molar-refractivity contribution >= 4 is 28.9 Å². The maximum Gasteiger partial charge on any atom is 0.238 e. The summed E-state index contributed by atoms with van der Waals surface area (Å²) in [5.41, 5.74) is 6.83. The molecular formula is C12H18ClN3O. The molecule has 1 rings (SSSR count). The van der Waals surface area contributed by atoms with Gasteiger partial charge in [-0.05, 0) is 31.3 Å². The van der Waals surface area contributed by atoms with Gasteiger partial charge < -0.3 is 11.1 Å². The number of nitrogens with zero attached hydrogens (tertiary/aromatic N) is 1. The third-order valence-electron chi connectivity index (χ3n) is 2.55. The van der Waals surface area contributed by atoms with Crippen molar-refractivity contribution in [1.82, 2.24) is 4.90 Å². The molecule has 0 aliphatic carbocycles. The first-order chi connectivity index (χ1) is 8.06. The van der Waals surface area contributed by atoms with Crippen molar-refractivity contribution in [3.05, 3.63) is 23.2 Å². The number of nitrogen functional groups attached to an aromatic ring is 1. The number of carbonyl (C=O) groups is 1. The molecule has 3 N–H and O–H groups in total. The van der Waals surface area contributed by atoms with E-state index in [0.717, 1.165) is 13.1 Å². The van der Waals surface area contributed by atoms with Gasteiger partial charge in [-0.25, -0.2) is 0 Å². The van der Waals surface area contributed by atoms with E-state index >= 15 is 0 Å². The Morgan fingerprint density at radius 3 is 2.59 bits per heavy atom. The number of carbonyl (C=O) groups excluding carboxylic acids is 1. The van der Waals surface area contributed by atoms with E-state index in [1.165, 1.54) is 0 Å². The van der Waals surface area contributed by atoms with E-state index in [2.05, 4.69) is 5.32 Å². The third-order valence-corrected chi connectivity index (χ3v) is 2.78. The number of nitrogens with one attached hydrogen (secondary N) is 1. The molecule has 0 aliphatic rings. The molecule has 0 saturated heterocycles. The molecule has 0 spiro atoms. The first-order valence-electron chi connectivity index (χ1n) is 5.64. The molecule has 0 bridgehead atoms. The Bertz CT molecular complexity index is 391. The van der Waals surface area contributed by atoms with Gasteiger partial charge in [-0.2, -0.15) is 0 Å². The van der Waals surface area contributed by atoms with Crippen LogP contribution < -0.4 is 11.1 Å². The van der Waals surface area contributed by atoms with Crippen LogP contribution in [0, 0.1) is 0 Å². The fraction of sp³-hybridized carbons (Fsp3) is 0.417. The first kappa shape index (κ1) is 13.8. The van der Waals surface area contributed by atoms with Gasteiger partial charge in [-0.1, -0.05) is 25.4 Å². The third kappa shape index (κ3) is 4.24. The molecule has 1 aromatic carbocycles. The fourth-order valence-corrected chi connectivity index (χ4v) is 1.67. The predicted octanol–water partition coefficient (Wildman–Crippen LogP) is 2.20. The van der Waals surface area contributed by atoms with E-state index in [0.29, 0.717) is 22.9 Å². The number of hydrogen-bond acceptors (Lipinski definition) is 3. The summed E-state index contributed by atoms with van der Waals surface area (Å²) in [6.45, 7) is 6.11. The van der Waals surface area contributed by atoms with Crippen molar-refractivity contribution in [2.45, 2.75) is 13.8 Å². The van der Waals surface area contributed by atoms with Gasteiger partial charge in [0.1, 0.15) is 0 Å². The highest BCUT2D eigenvalue weighted by Crippen LogP contribution is 2.22. The monoisotopic (exact) mass is 255 g/mol. The quantitative estimate of drug-likeness (QED) is 0.793. The second kappa shape index (κ2) is 6.47. The van der Waals surface area contributed by atoms with Gasteiger partial charge in [0.15, 0.2) is 0 Å². The normalized spacial score (nSPS) is 10.6. The van der Waals surface area contributed by atoms with E-state index in [1.54, 1.807) is 18.2 Å². The second-order valence-corrected chi connectivity index (χ2v) is 4.18. The van der Waals surface area contributed by atoms with Crippen LogP contribution in [0.15, 0.2) is 18.2 Å². The number of benzene rings is 1. The number of anilines is 2. The van der Waals surface area contributed by atoms with Crippen molar-refractivity contribution in [3.63, 3.8) is 0 Å². The molecule has 17 heavy (non-hydrogen) atoms. The van der Waals surface area contributed by atoms with Gasteiger partial charge >= 0.3 is 0 Å². The maximum atomic E-state index is 11.7. The molecule has 0 radical (unpaired) electrons. The van der Waals surface area contributed by atoms with Crippen LogP contribution in [0.1, 0.15) is 13.8 Å². The zero-order chi connectivity index (χ0) is 12.8. The number of amides is 1. The Hall–Kier alpha value is -1.26. The minimum atomic E-state index is -0.0669. The standard InChI is InChI=1S/C12H18ClN3O/c1-3-16(4-2)8-12(17)15-11-6-5-9(13)7-10(11)14/h5-7H,3-4,8,14H2,1-2H3,(H,15,17). The van der Waals surface area contributed by atoms with Gasteiger partial charge in [0, 0.05) is 5.02 Å². The van der Waals surface area contributed by atoms with Crippen molar-refractivity contribution < 1.29 is 4.79 Å². The highest BCUT2D eigenvalue weighted by atomic mass is 35.5. The molecule has 0 heterocycles. The largest absolute Gasteiger partial charge is 0.397 e. The van der Waals surface area contributed by atoms with Crippen molar-refractivity contribution in [3.8, 4) is 0 Å². The van der Waals surface area contributed by atoms with Crippen molar-refractivity contribution in [2.75, 3.05) is 30.7 Å². The molecule has 1 aromatic rings. The summed E-state index contributed by atoms with van der Waals surface area (Å²) in [4.78, 5) is 13.8. The van der Waals surface area contributed by atoms with Gasteiger partial charge in [0.25, 0.3) is 0 Å². The molecule has 0 saturated carbocycles. The second-order valence-electron chi connectivity index (χ2n) is 3.74. The van der Waals surface area contributed by atoms with Gasteiger partial charge in [0.2, 0.25) is 5.91 Å². The molecule has 5 heteroatoms. The molecule has 0 atom stereocenters. The van der Waals surface area contributed by atoms with E-state index in [-0.39, 0.29) is 5.91 Å². The zero-order valence-electron chi connectivity index (χ0n) is 10.2. The average Bonchev–Trinajstić information content (AvgIpc) is 2.29. The van der Waals surface area contributed by atoms with Crippen LogP contribution in [0.3, 0.4) is 0 Å². The first-order valence-corrected chi connectivity index (χ1v) is 6.01. The Morgan fingerprint density at radius 1 is 1.41 bits per heavy atom. The smallest absolute Gasteiger partial charge is 0.238 e. The van der Waals surface area contributed by atoms with Gasteiger partial charge in [0.05, 0.1) is 17.9 Å². The number of nitrogens with two attached hydrogens (primary N) is 1. The van der Waals surface area contributed by atoms with Gasteiger partial charge in [-0.15, -0.1) is 0 Å². The number of likely N-dealkylation sites (N-methyl/N-ethyl adjacent to an activating group) is 1. The Balaban J connectivity index is 2.62. The maximum absolute atomic E-state index is 11.7. The summed E-state index contributed by atoms with van der Waals surface area (Å²) >= 11 is 5.78. The number of halogens is 1. The Labute approximate surface area is 107 Å². The lowest BCUT2D eigenvalue weighted by atomic mass is 10.2. The van der Waals surface area contributed by atoms with Crippen LogP contribution in [0.25, 0.3) is 0 Å². The molecule has 0 aliphatic heterocycles. The molecule has 94 valence electrons. The summed E-state index contributed by atoms with van der Waals surface area (Å²) < 4.78 is 0. The summed E-state index contributed by atoms with van der Waals surface area (Å²) in [5, 5.41) is 3.33. The molecule has 0 aromatic heterocycles. The minimum absolute atomic E-state index is 0.0669. The number of hydrogen-bond donors (Lipinski definition) is 2. The lowest BCUT2D eigenvalue weighted by molar-refractivity contribution is -0.117. The molecule has 0 fully saturated rings. The SMILES string of the molecule is CCN(CC)CC(=O)Nc1ccc(Cl)cc1N. The molecular weight excluding hydrogens is 238 g/mol. The van der Waals surface area contributed by atoms with Crippen LogP contribution in [0.2, 0.25) is 5.02 Å². The van der Waals surface area contributed by atoms with Crippen molar-refractivity contribution in [1.29, 1.82) is 0 Å². The number of rotatable bonds is 5.